The normalized spacial score (nSPS) is 15.1. The number of amides is 1. The minimum Gasteiger partial charge on any atom is -0.368 e. The second-order valence-corrected chi connectivity index (χ2v) is 6.87. The van der Waals surface area contributed by atoms with Crippen LogP contribution in [0.5, 0.6) is 0 Å². The van der Waals surface area contributed by atoms with E-state index in [1.54, 1.807) is 30.6 Å². The molecule has 1 fully saturated rings. The van der Waals surface area contributed by atoms with Gasteiger partial charge >= 0.3 is 0 Å². The van der Waals surface area contributed by atoms with Gasteiger partial charge in [0.05, 0.1) is 37.1 Å². The van der Waals surface area contributed by atoms with Crippen LogP contribution in [0.1, 0.15) is 5.82 Å². The SMILES string of the molecule is NC(=O)Cn1c(C[NH+]2CCN(c3ncccn3)CC2)nc2ccccc2c1=O. The van der Waals surface area contributed by atoms with E-state index in [-0.39, 0.29) is 12.1 Å². The molecular formula is C19H22N7O2+. The molecule has 0 saturated carbocycles. The summed E-state index contributed by atoms with van der Waals surface area (Å²) in [5, 5.41) is 0.494. The number of anilines is 1. The molecule has 28 heavy (non-hydrogen) atoms. The minimum atomic E-state index is -0.554. The fourth-order valence-corrected chi connectivity index (χ4v) is 3.55. The maximum atomic E-state index is 12.8. The van der Waals surface area contributed by atoms with E-state index in [1.807, 2.05) is 12.1 Å². The van der Waals surface area contributed by atoms with E-state index in [1.165, 1.54) is 9.47 Å². The van der Waals surface area contributed by atoms with Gasteiger partial charge in [0.25, 0.3) is 5.56 Å². The summed E-state index contributed by atoms with van der Waals surface area (Å²) >= 11 is 0. The summed E-state index contributed by atoms with van der Waals surface area (Å²) in [5.74, 6) is 0.763. The summed E-state index contributed by atoms with van der Waals surface area (Å²) in [5.41, 5.74) is 5.78. The molecule has 144 valence electrons. The van der Waals surface area contributed by atoms with Crippen molar-refractivity contribution in [2.75, 3.05) is 31.1 Å². The summed E-state index contributed by atoms with van der Waals surface area (Å²) in [6.45, 7) is 3.73. The molecule has 9 heteroatoms. The Labute approximate surface area is 161 Å². The Hall–Kier alpha value is -3.33. The number of piperazine rings is 1. The number of fused-ring (bicyclic) bond motifs is 1. The molecule has 2 aromatic heterocycles. The van der Waals surface area contributed by atoms with Crippen LogP contribution in [0.2, 0.25) is 0 Å². The van der Waals surface area contributed by atoms with Crippen molar-refractivity contribution in [3.8, 4) is 0 Å². The van der Waals surface area contributed by atoms with Crippen LogP contribution in [-0.4, -0.2) is 51.6 Å². The number of benzene rings is 1. The lowest BCUT2D eigenvalue weighted by molar-refractivity contribution is -0.915. The van der Waals surface area contributed by atoms with E-state index in [4.69, 9.17) is 5.73 Å². The van der Waals surface area contributed by atoms with Crippen LogP contribution >= 0.6 is 0 Å². The third-order valence-electron chi connectivity index (χ3n) is 4.97. The molecule has 3 aromatic rings. The van der Waals surface area contributed by atoms with Gasteiger partial charge in [-0.1, -0.05) is 12.1 Å². The monoisotopic (exact) mass is 380 g/mol. The lowest BCUT2D eigenvalue weighted by Crippen LogP contribution is -3.13. The fraction of sp³-hybridized carbons (Fsp3) is 0.316. The number of para-hydroxylation sites is 1. The maximum absolute atomic E-state index is 12.8. The average molecular weight is 380 g/mol. The van der Waals surface area contributed by atoms with Crippen LogP contribution in [0.25, 0.3) is 10.9 Å². The summed E-state index contributed by atoms with van der Waals surface area (Å²) < 4.78 is 1.41. The molecule has 0 aliphatic carbocycles. The zero-order chi connectivity index (χ0) is 19.5. The quantitative estimate of drug-likeness (QED) is 0.562. The number of hydrogen-bond acceptors (Lipinski definition) is 6. The molecule has 0 atom stereocenters. The molecule has 0 spiro atoms. The van der Waals surface area contributed by atoms with Gasteiger partial charge in [0.15, 0.2) is 5.82 Å². The lowest BCUT2D eigenvalue weighted by atomic mass is 10.2. The van der Waals surface area contributed by atoms with Crippen LogP contribution in [0.3, 0.4) is 0 Å². The highest BCUT2D eigenvalue weighted by molar-refractivity contribution is 5.78. The van der Waals surface area contributed by atoms with Gasteiger partial charge < -0.3 is 15.5 Å². The highest BCUT2D eigenvalue weighted by Crippen LogP contribution is 2.08. The first-order valence-electron chi connectivity index (χ1n) is 9.24. The number of nitrogens with zero attached hydrogens (tertiary/aromatic N) is 5. The lowest BCUT2D eigenvalue weighted by Gasteiger charge is -2.32. The Kier molecular flexibility index (Phi) is 4.98. The van der Waals surface area contributed by atoms with Gasteiger partial charge in [-0.05, 0) is 18.2 Å². The first-order chi connectivity index (χ1) is 13.6. The van der Waals surface area contributed by atoms with Crippen molar-refractivity contribution < 1.29 is 9.69 Å². The summed E-state index contributed by atoms with van der Waals surface area (Å²) in [6.07, 6.45) is 3.48. The van der Waals surface area contributed by atoms with Crippen molar-refractivity contribution in [1.29, 1.82) is 0 Å². The molecule has 1 aliphatic rings. The molecule has 1 saturated heterocycles. The molecule has 1 aliphatic heterocycles. The van der Waals surface area contributed by atoms with Gasteiger partial charge in [-0.3, -0.25) is 14.2 Å². The van der Waals surface area contributed by atoms with Gasteiger partial charge in [-0.25, -0.2) is 15.0 Å². The zero-order valence-electron chi connectivity index (χ0n) is 15.4. The maximum Gasteiger partial charge on any atom is 0.262 e. The number of carbonyl (C=O) groups is 1. The number of nitrogens with two attached hydrogens (primary N) is 1. The molecule has 1 amide bonds. The van der Waals surface area contributed by atoms with E-state index in [0.29, 0.717) is 23.3 Å². The second kappa shape index (κ2) is 7.73. The number of nitrogens with one attached hydrogen (secondary N) is 1. The fourth-order valence-electron chi connectivity index (χ4n) is 3.55. The van der Waals surface area contributed by atoms with Gasteiger partial charge in [-0.15, -0.1) is 0 Å². The third kappa shape index (κ3) is 3.70. The number of primary amides is 1. The highest BCUT2D eigenvalue weighted by Gasteiger charge is 2.24. The van der Waals surface area contributed by atoms with Crippen molar-refractivity contribution in [3.05, 3.63) is 58.9 Å². The van der Waals surface area contributed by atoms with E-state index < -0.39 is 5.91 Å². The molecular weight excluding hydrogens is 358 g/mol. The molecule has 9 nitrogen and oxygen atoms in total. The first kappa shape index (κ1) is 18.1. The number of carbonyl (C=O) groups excluding carboxylic acids is 1. The Morgan fingerprint density at radius 2 is 1.82 bits per heavy atom. The Morgan fingerprint density at radius 3 is 2.54 bits per heavy atom. The topological polar surface area (TPSA) is 111 Å². The molecule has 0 bridgehead atoms. The van der Waals surface area contributed by atoms with Gasteiger partial charge in [-0.2, -0.15) is 0 Å². The predicted octanol–water partition coefficient (Wildman–Crippen LogP) is -1.42. The van der Waals surface area contributed by atoms with E-state index in [9.17, 15) is 9.59 Å². The van der Waals surface area contributed by atoms with Gasteiger partial charge in [0.2, 0.25) is 11.9 Å². The molecule has 0 radical (unpaired) electrons. The second-order valence-electron chi connectivity index (χ2n) is 6.87. The average Bonchev–Trinajstić information content (AvgIpc) is 2.72. The van der Waals surface area contributed by atoms with Crippen molar-refractivity contribution in [3.63, 3.8) is 0 Å². The molecule has 3 N–H and O–H groups in total. The molecule has 3 heterocycles. The van der Waals surface area contributed by atoms with Crippen molar-refractivity contribution in [2.45, 2.75) is 13.1 Å². The molecule has 1 aromatic carbocycles. The van der Waals surface area contributed by atoms with Crippen molar-refractivity contribution in [1.82, 2.24) is 19.5 Å². The van der Waals surface area contributed by atoms with Crippen LogP contribution in [0.4, 0.5) is 5.95 Å². The highest BCUT2D eigenvalue weighted by atomic mass is 16.2. The third-order valence-corrected chi connectivity index (χ3v) is 4.97. The van der Waals surface area contributed by atoms with E-state index >= 15 is 0 Å². The largest absolute Gasteiger partial charge is 0.368 e. The van der Waals surface area contributed by atoms with Crippen molar-refractivity contribution >= 4 is 22.8 Å². The van der Waals surface area contributed by atoms with E-state index in [0.717, 1.165) is 32.1 Å². The van der Waals surface area contributed by atoms with E-state index in [2.05, 4.69) is 19.9 Å². The zero-order valence-corrected chi connectivity index (χ0v) is 15.4. The Balaban J connectivity index is 1.56. The Morgan fingerprint density at radius 1 is 1.11 bits per heavy atom. The first-order valence-corrected chi connectivity index (χ1v) is 9.24. The summed E-state index contributed by atoms with van der Waals surface area (Å²) in [6, 6.07) is 8.97. The number of hydrogen-bond donors (Lipinski definition) is 2. The smallest absolute Gasteiger partial charge is 0.262 e. The van der Waals surface area contributed by atoms with Gasteiger partial charge in [0, 0.05) is 12.4 Å². The standard InChI is InChI=1S/C19H21N7O2/c20-16(27)12-26-17(23-15-5-2-1-4-14(15)18(26)28)13-24-8-10-25(11-9-24)19-21-6-3-7-22-19/h1-7H,8-13H2,(H2,20,27)/p+1. The molecule has 4 rings (SSSR count). The van der Waals surface area contributed by atoms with Crippen LogP contribution in [-0.2, 0) is 17.9 Å². The number of quaternary nitrogens is 1. The number of aromatic nitrogens is 4. The summed E-state index contributed by atoms with van der Waals surface area (Å²) in [4.78, 5) is 41.0. The van der Waals surface area contributed by atoms with Crippen LogP contribution in [0, 0.1) is 0 Å². The minimum absolute atomic E-state index is 0.163. The predicted molar refractivity (Wildman–Crippen MR) is 104 cm³/mol. The summed E-state index contributed by atoms with van der Waals surface area (Å²) in [7, 11) is 0. The van der Waals surface area contributed by atoms with Crippen LogP contribution < -0.4 is 21.1 Å². The Bertz CT molecular complexity index is 1040. The number of rotatable bonds is 5. The van der Waals surface area contributed by atoms with Gasteiger partial charge in [0.1, 0.15) is 13.1 Å². The molecule has 0 unspecified atom stereocenters. The van der Waals surface area contributed by atoms with Crippen molar-refractivity contribution in [2.24, 2.45) is 5.73 Å². The van der Waals surface area contributed by atoms with Crippen LogP contribution in [0.15, 0.2) is 47.5 Å².